The predicted octanol–water partition coefficient (Wildman–Crippen LogP) is 0.318. The molecule has 19 heavy (non-hydrogen) atoms. The molecule has 0 aliphatic heterocycles. The lowest BCUT2D eigenvalue weighted by atomic mass is 10.3. The van der Waals surface area contributed by atoms with Crippen LogP contribution >= 0.6 is 0 Å². The van der Waals surface area contributed by atoms with Crippen molar-refractivity contribution >= 4 is 15.7 Å². The molecule has 0 radical (unpaired) electrons. The Morgan fingerprint density at radius 2 is 1.79 bits per heavy atom. The maximum absolute atomic E-state index is 12.3. The zero-order valence-corrected chi connectivity index (χ0v) is 11.7. The van der Waals surface area contributed by atoms with Crippen LogP contribution in [0.2, 0.25) is 0 Å². The molecule has 8 nitrogen and oxygen atoms in total. The summed E-state index contributed by atoms with van der Waals surface area (Å²) in [5.74, 6) is 0. The van der Waals surface area contributed by atoms with E-state index >= 15 is 0 Å². The van der Waals surface area contributed by atoms with Gasteiger partial charge in [0.2, 0.25) is 5.03 Å². The normalized spacial score (nSPS) is 11.8. The smallest absolute Gasteiger partial charge is 0.281 e. The van der Waals surface area contributed by atoms with Gasteiger partial charge in [-0.2, -0.15) is 18.6 Å². The van der Waals surface area contributed by atoms with Crippen molar-refractivity contribution in [2.24, 2.45) is 5.73 Å². The fraction of sp³-hybridized carbons (Fsp3) is 0.400. The van der Waals surface area contributed by atoms with E-state index < -0.39 is 10.0 Å². The molecule has 2 rings (SSSR count). The van der Waals surface area contributed by atoms with Gasteiger partial charge in [-0.1, -0.05) is 0 Å². The first-order valence-electron chi connectivity index (χ1n) is 5.65. The van der Waals surface area contributed by atoms with Crippen LogP contribution < -0.4 is 10.5 Å². The zero-order chi connectivity index (χ0) is 14.2. The van der Waals surface area contributed by atoms with Crippen LogP contribution in [-0.4, -0.2) is 28.8 Å². The number of anilines is 1. The average molecular weight is 284 g/mol. The van der Waals surface area contributed by atoms with Crippen LogP contribution in [-0.2, 0) is 16.6 Å². The second-order valence-corrected chi connectivity index (χ2v) is 5.85. The Balaban J connectivity index is 2.44. The number of hydrogen-bond acceptors (Lipinski definition) is 5. The van der Waals surface area contributed by atoms with Gasteiger partial charge in [-0.05, 0) is 20.8 Å². The number of aromatic amines is 2. The molecule has 2 aromatic rings. The van der Waals surface area contributed by atoms with Gasteiger partial charge in [-0.25, -0.2) is 0 Å². The highest BCUT2D eigenvalue weighted by molar-refractivity contribution is 7.92. The second kappa shape index (κ2) is 4.67. The van der Waals surface area contributed by atoms with Gasteiger partial charge in [0, 0.05) is 17.8 Å². The van der Waals surface area contributed by atoms with Crippen molar-refractivity contribution in [2.75, 3.05) is 4.72 Å². The van der Waals surface area contributed by atoms with Gasteiger partial charge in [-0.15, -0.1) is 0 Å². The molecule has 0 bridgehead atoms. The molecule has 0 atom stereocenters. The Morgan fingerprint density at radius 1 is 1.16 bits per heavy atom. The largest absolute Gasteiger partial charge is 0.326 e. The SMILES string of the molecule is Cc1n[nH]c(C)c1NS(=O)(=O)c1n[nH]c(C)c1CN. The number of nitrogens with zero attached hydrogens (tertiary/aromatic N) is 2. The van der Waals surface area contributed by atoms with Crippen molar-refractivity contribution in [3.8, 4) is 0 Å². The summed E-state index contributed by atoms with van der Waals surface area (Å²) in [4.78, 5) is 0. The van der Waals surface area contributed by atoms with Crippen molar-refractivity contribution in [1.82, 2.24) is 20.4 Å². The molecule has 2 aromatic heterocycles. The third-order valence-electron chi connectivity index (χ3n) is 2.86. The quantitative estimate of drug-likeness (QED) is 0.642. The topological polar surface area (TPSA) is 130 Å². The van der Waals surface area contributed by atoms with Gasteiger partial charge < -0.3 is 5.73 Å². The molecule has 0 amide bonds. The van der Waals surface area contributed by atoms with Gasteiger partial charge in [0.15, 0.2) is 0 Å². The lowest BCUT2D eigenvalue weighted by molar-refractivity contribution is 0.595. The lowest BCUT2D eigenvalue weighted by Crippen LogP contribution is -2.17. The van der Waals surface area contributed by atoms with E-state index in [-0.39, 0.29) is 11.6 Å². The molecular weight excluding hydrogens is 268 g/mol. The van der Waals surface area contributed by atoms with E-state index in [1.54, 1.807) is 20.8 Å². The van der Waals surface area contributed by atoms with Crippen molar-refractivity contribution in [2.45, 2.75) is 32.3 Å². The summed E-state index contributed by atoms with van der Waals surface area (Å²) < 4.78 is 27.1. The standard InChI is InChI=1S/C10H16N6O2S/c1-5-8(4-11)10(15-12-5)19(17,18)16-9-6(2)13-14-7(9)3/h16H,4,11H2,1-3H3,(H,12,15)(H,13,14). The molecule has 0 saturated heterocycles. The van der Waals surface area contributed by atoms with Crippen molar-refractivity contribution in [3.05, 3.63) is 22.6 Å². The summed E-state index contributed by atoms with van der Waals surface area (Å²) in [6, 6.07) is 0. The van der Waals surface area contributed by atoms with E-state index in [1.807, 2.05) is 0 Å². The lowest BCUT2D eigenvalue weighted by Gasteiger charge is -2.07. The molecule has 104 valence electrons. The summed E-state index contributed by atoms with van der Waals surface area (Å²) in [6.07, 6.45) is 0. The monoisotopic (exact) mass is 284 g/mol. The van der Waals surface area contributed by atoms with Gasteiger partial charge in [0.05, 0.1) is 17.1 Å². The molecule has 0 aromatic carbocycles. The van der Waals surface area contributed by atoms with Crippen molar-refractivity contribution in [3.63, 3.8) is 0 Å². The van der Waals surface area contributed by atoms with Crippen LogP contribution in [0.15, 0.2) is 5.03 Å². The van der Waals surface area contributed by atoms with Crippen molar-refractivity contribution in [1.29, 1.82) is 0 Å². The average Bonchev–Trinajstić information content (AvgIpc) is 2.86. The Kier molecular flexibility index (Phi) is 3.33. The van der Waals surface area contributed by atoms with Crippen molar-refractivity contribution < 1.29 is 8.42 Å². The number of hydrogen-bond donors (Lipinski definition) is 4. The number of rotatable bonds is 4. The number of aromatic nitrogens is 4. The Labute approximate surface area is 110 Å². The van der Waals surface area contributed by atoms with Gasteiger partial charge in [0.1, 0.15) is 0 Å². The summed E-state index contributed by atoms with van der Waals surface area (Å²) in [6.45, 7) is 5.27. The van der Waals surface area contributed by atoms with E-state index in [0.717, 1.165) is 0 Å². The number of H-pyrrole nitrogens is 2. The number of sulfonamides is 1. The second-order valence-electron chi connectivity index (χ2n) is 4.25. The molecule has 0 aliphatic rings. The first kappa shape index (κ1) is 13.6. The number of aryl methyl sites for hydroxylation is 3. The minimum Gasteiger partial charge on any atom is -0.326 e. The van der Waals surface area contributed by atoms with Crippen LogP contribution in [0.5, 0.6) is 0 Å². The Hall–Kier alpha value is -1.87. The first-order valence-corrected chi connectivity index (χ1v) is 7.13. The molecule has 2 heterocycles. The summed E-state index contributed by atoms with van der Waals surface area (Å²) >= 11 is 0. The fourth-order valence-corrected chi connectivity index (χ4v) is 3.17. The van der Waals surface area contributed by atoms with Crippen LogP contribution in [0.3, 0.4) is 0 Å². The van der Waals surface area contributed by atoms with Crippen LogP contribution in [0.1, 0.15) is 22.6 Å². The Morgan fingerprint density at radius 3 is 2.32 bits per heavy atom. The molecule has 5 N–H and O–H groups in total. The molecule has 0 aliphatic carbocycles. The third kappa shape index (κ3) is 2.34. The van der Waals surface area contributed by atoms with Gasteiger partial charge in [-0.3, -0.25) is 14.9 Å². The van der Waals surface area contributed by atoms with Crippen LogP contribution in [0, 0.1) is 20.8 Å². The van der Waals surface area contributed by atoms with Gasteiger partial charge >= 0.3 is 0 Å². The van der Waals surface area contributed by atoms with Crippen LogP contribution in [0.25, 0.3) is 0 Å². The Bertz CT molecular complexity index is 680. The molecule has 0 saturated carbocycles. The van der Waals surface area contributed by atoms with Crippen LogP contribution in [0.4, 0.5) is 5.69 Å². The molecule has 9 heteroatoms. The maximum Gasteiger partial charge on any atom is 0.281 e. The van der Waals surface area contributed by atoms with E-state index in [4.69, 9.17) is 5.73 Å². The zero-order valence-electron chi connectivity index (χ0n) is 10.9. The summed E-state index contributed by atoms with van der Waals surface area (Å²) in [5.41, 5.74) is 8.32. The molecule has 0 fully saturated rings. The predicted molar refractivity (Wildman–Crippen MR) is 70.1 cm³/mol. The highest BCUT2D eigenvalue weighted by atomic mass is 32.2. The minimum atomic E-state index is -3.78. The highest BCUT2D eigenvalue weighted by Crippen LogP contribution is 2.22. The molecular formula is C10H16N6O2S. The van der Waals surface area contributed by atoms with E-state index in [9.17, 15) is 8.42 Å². The number of nitrogens with two attached hydrogens (primary N) is 1. The highest BCUT2D eigenvalue weighted by Gasteiger charge is 2.25. The minimum absolute atomic E-state index is 0.0764. The van der Waals surface area contributed by atoms with E-state index in [0.29, 0.717) is 28.3 Å². The maximum atomic E-state index is 12.3. The van der Waals surface area contributed by atoms with Gasteiger partial charge in [0.25, 0.3) is 10.0 Å². The molecule has 0 spiro atoms. The third-order valence-corrected chi connectivity index (χ3v) is 4.18. The summed E-state index contributed by atoms with van der Waals surface area (Å²) in [7, 11) is -3.78. The first-order chi connectivity index (χ1) is 8.86. The number of nitrogens with one attached hydrogen (secondary N) is 3. The van der Waals surface area contributed by atoms with E-state index in [1.165, 1.54) is 0 Å². The molecule has 0 unspecified atom stereocenters. The van der Waals surface area contributed by atoms with E-state index in [2.05, 4.69) is 25.1 Å². The summed E-state index contributed by atoms with van der Waals surface area (Å²) in [5, 5.41) is 13.0. The fourth-order valence-electron chi connectivity index (χ4n) is 1.78.